The van der Waals surface area contributed by atoms with Crippen molar-refractivity contribution in [3.8, 4) is 0 Å². The van der Waals surface area contributed by atoms with Crippen molar-refractivity contribution in [1.29, 1.82) is 0 Å². The molecule has 0 aliphatic carbocycles. The SMILES string of the molecule is Cc1sc2nc(C)n(C(C)C(=O)Nc3ccc(Br)cc3)c(=O)c2c1C. The first-order chi connectivity index (χ1) is 11.8. The molecule has 3 aromatic rings. The van der Waals surface area contributed by atoms with Crippen LogP contribution in [-0.2, 0) is 4.79 Å². The average molecular weight is 420 g/mol. The van der Waals surface area contributed by atoms with Gasteiger partial charge in [0, 0.05) is 15.0 Å². The van der Waals surface area contributed by atoms with E-state index in [4.69, 9.17) is 0 Å². The van der Waals surface area contributed by atoms with E-state index in [0.29, 0.717) is 16.9 Å². The third-order valence-corrected chi connectivity index (χ3v) is 5.92. The predicted molar refractivity (Wildman–Crippen MR) is 106 cm³/mol. The van der Waals surface area contributed by atoms with Gasteiger partial charge in [-0.3, -0.25) is 14.2 Å². The van der Waals surface area contributed by atoms with Gasteiger partial charge >= 0.3 is 0 Å². The van der Waals surface area contributed by atoms with Gasteiger partial charge in [0.25, 0.3) is 5.56 Å². The Morgan fingerprint density at radius 3 is 2.52 bits per heavy atom. The molecule has 1 atom stereocenters. The molecular formula is C18H18BrN3O2S. The summed E-state index contributed by atoms with van der Waals surface area (Å²) in [6.07, 6.45) is 0. The Kier molecular flexibility index (Phi) is 4.79. The third-order valence-electron chi connectivity index (χ3n) is 4.29. The fourth-order valence-electron chi connectivity index (χ4n) is 2.76. The Hall–Kier alpha value is -1.99. The van der Waals surface area contributed by atoms with Gasteiger partial charge in [0.2, 0.25) is 5.91 Å². The van der Waals surface area contributed by atoms with Gasteiger partial charge in [0.15, 0.2) is 0 Å². The van der Waals surface area contributed by atoms with Crippen LogP contribution in [0.2, 0.25) is 0 Å². The molecule has 25 heavy (non-hydrogen) atoms. The molecule has 0 saturated heterocycles. The quantitative estimate of drug-likeness (QED) is 0.686. The van der Waals surface area contributed by atoms with E-state index >= 15 is 0 Å². The average Bonchev–Trinajstić information content (AvgIpc) is 2.83. The molecule has 0 aliphatic heterocycles. The number of rotatable bonds is 3. The number of aryl methyl sites for hydroxylation is 3. The van der Waals surface area contributed by atoms with Gasteiger partial charge in [-0.05, 0) is 57.5 Å². The maximum absolute atomic E-state index is 13.0. The lowest BCUT2D eigenvalue weighted by molar-refractivity contribution is -0.118. The Bertz CT molecular complexity index is 1020. The summed E-state index contributed by atoms with van der Waals surface area (Å²) in [6, 6.07) is 6.65. The Balaban J connectivity index is 2.00. The van der Waals surface area contributed by atoms with E-state index in [1.165, 1.54) is 15.9 Å². The smallest absolute Gasteiger partial charge is 0.263 e. The largest absolute Gasteiger partial charge is 0.324 e. The second-order valence-electron chi connectivity index (χ2n) is 5.97. The van der Waals surface area contributed by atoms with Crippen molar-refractivity contribution in [2.24, 2.45) is 0 Å². The zero-order valence-corrected chi connectivity index (χ0v) is 16.8. The van der Waals surface area contributed by atoms with E-state index in [-0.39, 0.29) is 11.5 Å². The van der Waals surface area contributed by atoms with Gasteiger partial charge < -0.3 is 5.32 Å². The highest BCUT2D eigenvalue weighted by molar-refractivity contribution is 9.10. The van der Waals surface area contributed by atoms with Crippen LogP contribution in [0.3, 0.4) is 0 Å². The monoisotopic (exact) mass is 419 g/mol. The van der Waals surface area contributed by atoms with Crippen molar-refractivity contribution in [3.63, 3.8) is 0 Å². The van der Waals surface area contributed by atoms with E-state index in [9.17, 15) is 9.59 Å². The number of thiophene rings is 1. The molecule has 3 rings (SSSR count). The molecule has 2 heterocycles. The van der Waals surface area contributed by atoms with Gasteiger partial charge in [0.1, 0.15) is 16.7 Å². The van der Waals surface area contributed by atoms with Crippen LogP contribution in [0.4, 0.5) is 5.69 Å². The maximum Gasteiger partial charge on any atom is 0.263 e. The Morgan fingerprint density at radius 1 is 1.24 bits per heavy atom. The highest BCUT2D eigenvalue weighted by Crippen LogP contribution is 2.27. The molecule has 0 saturated carbocycles. The van der Waals surface area contributed by atoms with Gasteiger partial charge in [-0.25, -0.2) is 4.98 Å². The lowest BCUT2D eigenvalue weighted by atomic mass is 10.2. The molecule has 0 spiro atoms. The second kappa shape index (κ2) is 6.72. The summed E-state index contributed by atoms with van der Waals surface area (Å²) in [5.41, 5.74) is 1.46. The molecule has 1 unspecified atom stereocenters. The topological polar surface area (TPSA) is 64.0 Å². The van der Waals surface area contributed by atoms with Crippen LogP contribution in [0.1, 0.15) is 29.2 Å². The van der Waals surface area contributed by atoms with Gasteiger partial charge in [-0.15, -0.1) is 11.3 Å². The Labute approximate surface area is 157 Å². The standard InChI is InChI=1S/C18H18BrN3O2S/c1-9-11(3)25-17-15(9)18(24)22(12(4)20-17)10(2)16(23)21-14-7-5-13(19)6-8-14/h5-8,10H,1-4H3,(H,21,23). The molecule has 1 aromatic carbocycles. The fraction of sp³-hybridized carbons (Fsp3) is 0.278. The summed E-state index contributed by atoms with van der Waals surface area (Å²) >= 11 is 4.87. The summed E-state index contributed by atoms with van der Waals surface area (Å²) < 4.78 is 2.40. The minimum absolute atomic E-state index is 0.164. The molecule has 0 fully saturated rings. The zero-order valence-electron chi connectivity index (χ0n) is 14.4. The number of fused-ring (bicyclic) bond motifs is 1. The first kappa shape index (κ1) is 17.8. The molecule has 1 N–H and O–H groups in total. The number of amides is 1. The van der Waals surface area contributed by atoms with Crippen LogP contribution in [0.25, 0.3) is 10.2 Å². The first-order valence-electron chi connectivity index (χ1n) is 7.85. The molecule has 2 aromatic heterocycles. The van der Waals surface area contributed by atoms with Crippen LogP contribution in [0.15, 0.2) is 33.5 Å². The van der Waals surface area contributed by atoms with Crippen LogP contribution < -0.4 is 10.9 Å². The van der Waals surface area contributed by atoms with Crippen LogP contribution >= 0.6 is 27.3 Å². The lowest BCUT2D eigenvalue weighted by Crippen LogP contribution is -2.33. The summed E-state index contributed by atoms with van der Waals surface area (Å²) in [4.78, 5) is 31.9. The van der Waals surface area contributed by atoms with E-state index in [0.717, 1.165) is 19.7 Å². The third kappa shape index (κ3) is 3.26. The van der Waals surface area contributed by atoms with Crippen molar-refractivity contribution >= 4 is 49.1 Å². The van der Waals surface area contributed by atoms with E-state index in [1.54, 1.807) is 26.0 Å². The number of carbonyl (C=O) groups excluding carboxylic acids is 1. The van der Waals surface area contributed by atoms with Gasteiger partial charge in [-0.2, -0.15) is 0 Å². The van der Waals surface area contributed by atoms with E-state index in [2.05, 4.69) is 26.2 Å². The predicted octanol–water partition coefficient (Wildman–Crippen LogP) is 4.35. The zero-order chi connectivity index (χ0) is 18.3. The number of nitrogens with zero attached hydrogens (tertiary/aromatic N) is 2. The summed E-state index contributed by atoms with van der Waals surface area (Å²) in [5.74, 6) is 0.287. The number of hydrogen-bond acceptors (Lipinski definition) is 4. The molecule has 0 aliphatic rings. The molecule has 1 amide bonds. The number of nitrogens with one attached hydrogen (secondary N) is 1. The summed E-state index contributed by atoms with van der Waals surface area (Å²) in [6.45, 7) is 7.37. The molecule has 7 heteroatoms. The van der Waals surface area contributed by atoms with Crippen molar-refractivity contribution in [1.82, 2.24) is 9.55 Å². The second-order valence-corrected chi connectivity index (χ2v) is 8.09. The van der Waals surface area contributed by atoms with Crippen molar-refractivity contribution in [3.05, 3.63) is 55.4 Å². The van der Waals surface area contributed by atoms with E-state index in [1.807, 2.05) is 26.0 Å². The number of hydrogen-bond donors (Lipinski definition) is 1. The minimum atomic E-state index is -0.660. The highest BCUT2D eigenvalue weighted by atomic mass is 79.9. The number of benzene rings is 1. The van der Waals surface area contributed by atoms with Crippen molar-refractivity contribution in [2.75, 3.05) is 5.32 Å². The number of halogens is 1. The van der Waals surface area contributed by atoms with Crippen LogP contribution in [0, 0.1) is 20.8 Å². The number of carbonyl (C=O) groups is 1. The minimum Gasteiger partial charge on any atom is -0.324 e. The highest BCUT2D eigenvalue weighted by Gasteiger charge is 2.22. The van der Waals surface area contributed by atoms with E-state index < -0.39 is 6.04 Å². The molecule has 130 valence electrons. The number of aromatic nitrogens is 2. The van der Waals surface area contributed by atoms with Crippen LogP contribution in [0.5, 0.6) is 0 Å². The van der Waals surface area contributed by atoms with Crippen molar-refractivity contribution in [2.45, 2.75) is 33.7 Å². The van der Waals surface area contributed by atoms with Crippen LogP contribution in [-0.4, -0.2) is 15.5 Å². The fourth-order valence-corrected chi connectivity index (χ4v) is 4.09. The first-order valence-corrected chi connectivity index (χ1v) is 9.45. The van der Waals surface area contributed by atoms with Gasteiger partial charge in [0.05, 0.1) is 5.39 Å². The van der Waals surface area contributed by atoms with Crippen molar-refractivity contribution < 1.29 is 4.79 Å². The maximum atomic E-state index is 13.0. The number of anilines is 1. The van der Waals surface area contributed by atoms with Gasteiger partial charge in [-0.1, -0.05) is 15.9 Å². The Morgan fingerprint density at radius 2 is 1.88 bits per heavy atom. The molecule has 0 bridgehead atoms. The normalized spacial score (nSPS) is 12.4. The lowest BCUT2D eigenvalue weighted by Gasteiger charge is -2.17. The summed E-state index contributed by atoms with van der Waals surface area (Å²) in [7, 11) is 0. The molecular weight excluding hydrogens is 402 g/mol. The molecule has 0 radical (unpaired) electrons. The molecule has 5 nitrogen and oxygen atoms in total. The summed E-state index contributed by atoms with van der Waals surface area (Å²) in [5, 5.41) is 3.45.